The molecule has 6 aliphatic carbocycles. The summed E-state index contributed by atoms with van der Waals surface area (Å²) in [6.07, 6.45) is 9.40. The van der Waals surface area contributed by atoms with E-state index in [9.17, 15) is 0 Å². The number of benzene rings is 7. The van der Waals surface area contributed by atoms with Crippen molar-refractivity contribution >= 4 is 27.8 Å². The van der Waals surface area contributed by atoms with E-state index in [4.69, 9.17) is 0 Å². The first-order valence-corrected chi connectivity index (χ1v) is 22.6. The van der Waals surface area contributed by atoms with Crippen molar-refractivity contribution in [3.05, 3.63) is 174 Å². The van der Waals surface area contributed by atoms with Crippen molar-refractivity contribution in [2.75, 3.05) is 4.90 Å². The summed E-state index contributed by atoms with van der Waals surface area (Å²) in [5, 5.41) is 2.57. The quantitative estimate of drug-likeness (QED) is 0.169. The molecule has 7 aromatic carbocycles. The molecule has 1 heteroatoms. The fourth-order valence-electron chi connectivity index (χ4n) is 13.8. The van der Waals surface area contributed by atoms with Crippen molar-refractivity contribution in [2.45, 2.75) is 88.9 Å². The highest BCUT2D eigenvalue weighted by molar-refractivity contribution is 5.97. The first-order chi connectivity index (χ1) is 28.7. The summed E-state index contributed by atoms with van der Waals surface area (Å²) < 4.78 is 0. The molecule has 1 nitrogen and oxygen atoms in total. The first-order valence-electron chi connectivity index (χ1n) is 22.6. The standard InChI is InChI=1S/C58H55N/c1-56(2)29-30-57(3,4)55-50(19-12-21-52(55)56)49-17-8-10-22-54(49)59(43-25-23-40(24-26-43)46-18-11-14-39-13-5-6-15-45(39)46)44-27-28-48-47-16-7-9-20-51(47)58(53(48)36-44)41-32-37-31-38(34-41)35-42(58)33-37/h5-28,36-38,41-42H,29-35H2,1-4H3. The Labute approximate surface area is 351 Å². The Hall–Kier alpha value is -5.40. The minimum Gasteiger partial charge on any atom is -0.310 e. The summed E-state index contributed by atoms with van der Waals surface area (Å²) in [7, 11) is 0. The number of fused-ring (bicyclic) bond motifs is 5. The molecule has 0 amide bonds. The molecule has 1 spiro atoms. The summed E-state index contributed by atoms with van der Waals surface area (Å²) >= 11 is 0. The molecule has 6 aliphatic rings. The second-order valence-electron chi connectivity index (χ2n) is 20.4. The lowest BCUT2D eigenvalue weighted by Crippen LogP contribution is -2.55. The topological polar surface area (TPSA) is 3.24 Å². The fraction of sp³-hybridized carbons (Fsp3) is 0.310. The molecule has 0 heterocycles. The zero-order valence-electron chi connectivity index (χ0n) is 35.1. The van der Waals surface area contributed by atoms with E-state index in [0.717, 1.165) is 23.7 Å². The van der Waals surface area contributed by atoms with Crippen molar-refractivity contribution < 1.29 is 0 Å². The van der Waals surface area contributed by atoms with Crippen LogP contribution >= 0.6 is 0 Å². The van der Waals surface area contributed by atoms with E-state index in [-0.39, 0.29) is 16.2 Å². The van der Waals surface area contributed by atoms with Gasteiger partial charge in [-0.05, 0) is 171 Å². The van der Waals surface area contributed by atoms with Gasteiger partial charge in [-0.15, -0.1) is 0 Å². The number of nitrogens with zero attached hydrogens (tertiary/aromatic N) is 1. The third kappa shape index (κ3) is 5.16. The Morgan fingerprint density at radius 2 is 1.02 bits per heavy atom. The Balaban J connectivity index is 1.08. The van der Waals surface area contributed by atoms with E-state index in [2.05, 4.69) is 184 Å². The molecule has 7 aromatic rings. The zero-order chi connectivity index (χ0) is 39.7. The summed E-state index contributed by atoms with van der Waals surface area (Å²) in [6.45, 7) is 9.84. The van der Waals surface area contributed by atoms with Gasteiger partial charge in [0.25, 0.3) is 0 Å². The van der Waals surface area contributed by atoms with Crippen molar-refractivity contribution in [1.29, 1.82) is 0 Å². The van der Waals surface area contributed by atoms with Crippen LogP contribution in [0.15, 0.2) is 152 Å². The third-order valence-electron chi connectivity index (χ3n) is 16.3. The van der Waals surface area contributed by atoms with Gasteiger partial charge in [-0.3, -0.25) is 0 Å². The van der Waals surface area contributed by atoms with Crippen LogP contribution in [0.2, 0.25) is 0 Å². The van der Waals surface area contributed by atoms with Crippen molar-refractivity contribution in [1.82, 2.24) is 0 Å². The van der Waals surface area contributed by atoms with Gasteiger partial charge in [0, 0.05) is 22.4 Å². The van der Waals surface area contributed by atoms with Gasteiger partial charge < -0.3 is 4.90 Å². The summed E-state index contributed by atoms with van der Waals surface area (Å²) in [5.74, 6) is 3.27. The zero-order valence-corrected chi connectivity index (χ0v) is 35.1. The Bertz CT molecular complexity index is 2770. The SMILES string of the molecule is CC1(C)CCC(C)(C)c2c(-c3ccccc3N(c3ccc(-c4cccc5ccccc45)cc3)c3ccc4c(c3)C3(c5ccccc5-4)C4CC5CC(C4)CC3C5)cccc21. The Morgan fingerprint density at radius 1 is 0.441 bits per heavy atom. The molecule has 0 atom stereocenters. The molecule has 13 rings (SSSR count). The molecule has 4 fully saturated rings. The van der Waals surface area contributed by atoms with Crippen LogP contribution in [0.5, 0.6) is 0 Å². The van der Waals surface area contributed by atoms with Gasteiger partial charge in [-0.25, -0.2) is 0 Å². The first kappa shape index (κ1) is 35.5. The number of hydrogen-bond acceptors (Lipinski definition) is 1. The lowest BCUT2D eigenvalue weighted by Gasteiger charge is -2.61. The maximum atomic E-state index is 2.67. The van der Waals surface area contributed by atoms with Gasteiger partial charge in [0.1, 0.15) is 0 Å². The van der Waals surface area contributed by atoms with Gasteiger partial charge in [-0.2, -0.15) is 0 Å². The highest BCUT2D eigenvalue weighted by atomic mass is 15.1. The lowest BCUT2D eigenvalue weighted by molar-refractivity contribution is -0.0399. The maximum Gasteiger partial charge on any atom is 0.0540 e. The molecule has 292 valence electrons. The average Bonchev–Trinajstić information content (AvgIpc) is 3.54. The predicted molar refractivity (Wildman–Crippen MR) is 248 cm³/mol. The van der Waals surface area contributed by atoms with E-state index >= 15 is 0 Å². The van der Waals surface area contributed by atoms with Gasteiger partial charge in [0.15, 0.2) is 0 Å². The van der Waals surface area contributed by atoms with Crippen LogP contribution in [0.3, 0.4) is 0 Å². The second-order valence-corrected chi connectivity index (χ2v) is 20.4. The van der Waals surface area contributed by atoms with Crippen LogP contribution in [0.25, 0.3) is 44.2 Å². The van der Waals surface area contributed by atoms with Crippen LogP contribution in [-0.2, 0) is 16.2 Å². The van der Waals surface area contributed by atoms with Crippen LogP contribution in [0, 0.1) is 23.7 Å². The summed E-state index contributed by atoms with van der Waals surface area (Å²) in [4.78, 5) is 2.61. The number of anilines is 3. The molecule has 0 saturated heterocycles. The number of rotatable bonds is 5. The largest absolute Gasteiger partial charge is 0.310 e. The molecule has 4 bridgehead atoms. The van der Waals surface area contributed by atoms with Gasteiger partial charge in [-0.1, -0.05) is 149 Å². The van der Waals surface area contributed by atoms with E-state index in [0.29, 0.717) is 0 Å². The minimum absolute atomic E-state index is 0.0741. The maximum absolute atomic E-state index is 2.67. The second kappa shape index (κ2) is 12.8. The Morgan fingerprint density at radius 3 is 1.81 bits per heavy atom. The molecule has 0 radical (unpaired) electrons. The smallest absolute Gasteiger partial charge is 0.0540 e. The molecule has 59 heavy (non-hydrogen) atoms. The van der Waals surface area contributed by atoms with E-state index < -0.39 is 0 Å². The Kier molecular flexibility index (Phi) is 7.71. The van der Waals surface area contributed by atoms with Gasteiger partial charge in [0.05, 0.1) is 5.69 Å². The summed E-state index contributed by atoms with van der Waals surface area (Å²) in [6, 6.07) is 58.5. The number of hydrogen-bond donors (Lipinski definition) is 0. The van der Waals surface area contributed by atoms with Gasteiger partial charge in [0.2, 0.25) is 0 Å². The molecule has 0 unspecified atom stereocenters. The van der Waals surface area contributed by atoms with Crippen molar-refractivity contribution in [3.8, 4) is 33.4 Å². The fourth-order valence-corrected chi connectivity index (χ4v) is 13.8. The normalized spacial score (nSPS) is 25.2. The lowest BCUT2D eigenvalue weighted by atomic mass is 9.43. The molecule has 0 aromatic heterocycles. The molecular formula is C58H55N. The van der Waals surface area contributed by atoms with Crippen LogP contribution in [-0.4, -0.2) is 0 Å². The average molecular weight is 766 g/mol. The van der Waals surface area contributed by atoms with Crippen LogP contribution in [0.4, 0.5) is 17.1 Å². The molecular weight excluding hydrogens is 711 g/mol. The highest BCUT2D eigenvalue weighted by Gasteiger charge is 2.61. The van der Waals surface area contributed by atoms with Crippen LogP contribution in [0.1, 0.15) is 94.9 Å². The monoisotopic (exact) mass is 765 g/mol. The molecule has 0 N–H and O–H groups in total. The molecule has 0 aliphatic heterocycles. The van der Waals surface area contributed by atoms with Crippen LogP contribution < -0.4 is 4.90 Å². The summed E-state index contributed by atoms with van der Waals surface area (Å²) in [5.41, 5.74) is 18.4. The predicted octanol–water partition coefficient (Wildman–Crippen LogP) is 15.7. The minimum atomic E-state index is 0.0741. The molecule has 4 saturated carbocycles. The van der Waals surface area contributed by atoms with E-state index in [1.54, 1.807) is 11.1 Å². The van der Waals surface area contributed by atoms with E-state index in [1.807, 2.05) is 0 Å². The number of para-hydroxylation sites is 1. The van der Waals surface area contributed by atoms with E-state index in [1.165, 1.54) is 117 Å². The highest BCUT2D eigenvalue weighted by Crippen LogP contribution is 2.69. The van der Waals surface area contributed by atoms with Crippen molar-refractivity contribution in [2.24, 2.45) is 23.7 Å². The van der Waals surface area contributed by atoms with Crippen molar-refractivity contribution in [3.63, 3.8) is 0 Å². The third-order valence-corrected chi connectivity index (χ3v) is 16.3. The van der Waals surface area contributed by atoms with Gasteiger partial charge >= 0.3 is 0 Å².